The molecule has 0 radical (unpaired) electrons. The minimum absolute atomic E-state index is 0.0512. The van der Waals surface area contributed by atoms with Gasteiger partial charge >= 0.3 is 0 Å². The molecule has 0 unspecified atom stereocenters. The van der Waals surface area contributed by atoms with Crippen LogP contribution in [-0.4, -0.2) is 37.4 Å². The van der Waals surface area contributed by atoms with Crippen LogP contribution in [0.25, 0.3) is 27.8 Å². The Balaban J connectivity index is 1.68. The fourth-order valence-corrected chi connectivity index (χ4v) is 3.91. The van der Waals surface area contributed by atoms with E-state index in [1.807, 2.05) is 91.2 Å². The molecule has 152 valence electrons. The molecule has 6 heteroatoms. The SMILES string of the molecule is Cc1nc2c(-c3ccccc3)cc(C(=O)N(C)Cc3ccccc3)cc2n2cnnc12. The highest BCUT2D eigenvalue weighted by molar-refractivity contribution is 6.03. The minimum atomic E-state index is -0.0512. The topological polar surface area (TPSA) is 63.4 Å². The van der Waals surface area contributed by atoms with Crippen LogP contribution in [0.2, 0.25) is 0 Å². The van der Waals surface area contributed by atoms with E-state index in [1.165, 1.54) is 0 Å². The van der Waals surface area contributed by atoms with Gasteiger partial charge in [0.05, 0.1) is 16.7 Å². The number of benzene rings is 3. The van der Waals surface area contributed by atoms with Crippen LogP contribution in [0.3, 0.4) is 0 Å². The molecule has 6 nitrogen and oxygen atoms in total. The highest BCUT2D eigenvalue weighted by Crippen LogP contribution is 2.30. The molecule has 0 saturated carbocycles. The van der Waals surface area contributed by atoms with Crippen molar-refractivity contribution in [3.63, 3.8) is 0 Å². The lowest BCUT2D eigenvalue weighted by molar-refractivity contribution is 0.0785. The summed E-state index contributed by atoms with van der Waals surface area (Å²) in [6.07, 6.45) is 1.67. The first kappa shape index (κ1) is 18.9. The largest absolute Gasteiger partial charge is 0.337 e. The molecule has 2 aromatic heterocycles. The number of hydrogen-bond donors (Lipinski definition) is 0. The standard InChI is InChI=1S/C25H21N5O/c1-17-24-28-26-16-30(24)22-14-20(25(31)29(2)15-18-9-5-3-6-10-18)13-21(23(22)27-17)19-11-7-4-8-12-19/h3-14,16H,15H2,1-2H3. The molecule has 0 aliphatic heterocycles. The summed E-state index contributed by atoms with van der Waals surface area (Å²) in [5, 5.41) is 8.25. The van der Waals surface area contributed by atoms with E-state index < -0.39 is 0 Å². The number of rotatable bonds is 4. The monoisotopic (exact) mass is 407 g/mol. The number of fused-ring (bicyclic) bond motifs is 3. The van der Waals surface area contributed by atoms with Crippen LogP contribution in [0.4, 0.5) is 0 Å². The number of aryl methyl sites for hydroxylation is 1. The van der Waals surface area contributed by atoms with E-state index in [1.54, 1.807) is 11.2 Å². The molecule has 0 N–H and O–H groups in total. The van der Waals surface area contributed by atoms with Crippen LogP contribution in [0, 0.1) is 6.92 Å². The van der Waals surface area contributed by atoms with Gasteiger partial charge in [0.2, 0.25) is 0 Å². The molecule has 0 atom stereocenters. The lowest BCUT2D eigenvalue weighted by Crippen LogP contribution is -2.26. The third-order valence-corrected chi connectivity index (χ3v) is 5.44. The zero-order valence-corrected chi connectivity index (χ0v) is 17.4. The van der Waals surface area contributed by atoms with Crippen LogP contribution in [0.15, 0.2) is 79.1 Å². The zero-order valence-electron chi connectivity index (χ0n) is 17.4. The van der Waals surface area contributed by atoms with Crippen molar-refractivity contribution in [1.29, 1.82) is 0 Å². The number of amides is 1. The second-order valence-electron chi connectivity index (χ2n) is 7.63. The number of carbonyl (C=O) groups excluding carboxylic acids is 1. The van der Waals surface area contributed by atoms with Crippen LogP contribution in [0.5, 0.6) is 0 Å². The van der Waals surface area contributed by atoms with Gasteiger partial charge in [-0.1, -0.05) is 60.7 Å². The number of carbonyl (C=O) groups is 1. The number of hydrogen-bond acceptors (Lipinski definition) is 4. The van der Waals surface area contributed by atoms with Crippen molar-refractivity contribution in [2.75, 3.05) is 7.05 Å². The smallest absolute Gasteiger partial charge is 0.253 e. The Morgan fingerprint density at radius 3 is 2.45 bits per heavy atom. The Bertz CT molecular complexity index is 1390. The van der Waals surface area contributed by atoms with Crippen LogP contribution in [-0.2, 0) is 6.54 Å². The van der Waals surface area contributed by atoms with Crippen molar-refractivity contribution in [2.24, 2.45) is 0 Å². The van der Waals surface area contributed by atoms with E-state index in [-0.39, 0.29) is 5.91 Å². The molecule has 5 aromatic rings. The normalized spacial score (nSPS) is 11.2. The van der Waals surface area contributed by atoms with E-state index in [4.69, 9.17) is 4.98 Å². The molecule has 1 amide bonds. The molecule has 0 fully saturated rings. The molecule has 0 aliphatic rings. The van der Waals surface area contributed by atoms with Gasteiger partial charge in [0.1, 0.15) is 6.33 Å². The van der Waals surface area contributed by atoms with E-state index >= 15 is 0 Å². The highest BCUT2D eigenvalue weighted by atomic mass is 16.2. The summed E-state index contributed by atoms with van der Waals surface area (Å²) in [6, 6.07) is 23.8. The van der Waals surface area contributed by atoms with Gasteiger partial charge in [0.15, 0.2) is 5.65 Å². The quantitative estimate of drug-likeness (QED) is 0.439. The Kier molecular flexibility index (Phi) is 4.67. The zero-order chi connectivity index (χ0) is 21.4. The van der Waals surface area contributed by atoms with Crippen LogP contribution < -0.4 is 0 Å². The van der Waals surface area contributed by atoms with Gasteiger partial charge in [-0.2, -0.15) is 0 Å². The third kappa shape index (κ3) is 3.42. The second kappa shape index (κ2) is 7.65. The summed E-state index contributed by atoms with van der Waals surface area (Å²) in [7, 11) is 1.82. The van der Waals surface area contributed by atoms with Crippen molar-refractivity contribution in [3.05, 3.63) is 95.9 Å². The molecular formula is C25H21N5O. The Morgan fingerprint density at radius 1 is 1.00 bits per heavy atom. The molecule has 31 heavy (non-hydrogen) atoms. The highest BCUT2D eigenvalue weighted by Gasteiger charge is 2.19. The molecule has 2 heterocycles. The van der Waals surface area contributed by atoms with Gasteiger partial charge in [-0.25, -0.2) is 4.98 Å². The fourth-order valence-electron chi connectivity index (χ4n) is 3.91. The summed E-state index contributed by atoms with van der Waals surface area (Å²) in [5.41, 5.74) is 6.71. The Hall–Kier alpha value is -4.06. The van der Waals surface area contributed by atoms with Crippen LogP contribution >= 0.6 is 0 Å². The van der Waals surface area contributed by atoms with Crippen molar-refractivity contribution >= 4 is 22.6 Å². The predicted molar refractivity (Wildman–Crippen MR) is 121 cm³/mol. The van der Waals surface area contributed by atoms with Crippen molar-refractivity contribution in [3.8, 4) is 11.1 Å². The summed E-state index contributed by atoms with van der Waals surface area (Å²) in [5.74, 6) is -0.0512. The first-order valence-electron chi connectivity index (χ1n) is 10.1. The Labute approximate surface area is 179 Å². The maximum absolute atomic E-state index is 13.4. The van der Waals surface area contributed by atoms with E-state index in [9.17, 15) is 4.79 Å². The summed E-state index contributed by atoms with van der Waals surface area (Å²) in [6.45, 7) is 2.46. The Morgan fingerprint density at radius 2 is 1.71 bits per heavy atom. The summed E-state index contributed by atoms with van der Waals surface area (Å²) < 4.78 is 1.90. The molecule has 0 aliphatic carbocycles. The minimum Gasteiger partial charge on any atom is -0.337 e. The first-order valence-corrected chi connectivity index (χ1v) is 10.1. The number of nitrogens with zero attached hydrogens (tertiary/aromatic N) is 5. The van der Waals surface area contributed by atoms with Crippen LogP contribution in [0.1, 0.15) is 21.6 Å². The number of aromatic nitrogens is 4. The second-order valence-corrected chi connectivity index (χ2v) is 7.63. The molecule has 3 aromatic carbocycles. The average molecular weight is 407 g/mol. The maximum Gasteiger partial charge on any atom is 0.253 e. The van der Waals surface area contributed by atoms with Crippen molar-refractivity contribution < 1.29 is 4.79 Å². The van der Waals surface area contributed by atoms with E-state index in [0.717, 1.165) is 33.4 Å². The van der Waals surface area contributed by atoms with Gasteiger partial charge in [0, 0.05) is 24.7 Å². The third-order valence-electron chi connectivity index (χ3n) is 5.44. The van der Waals surface area contributed by atoms with E-state index in [2.05, 4.69) is 10.2 Å². The summed E-state index contributed by atoms with van der Waals surface area (Å²) >= 11 is 0. The maximum atomic E-state index is 13.4. The fraction of sp³-hybridized carbons (Fsp3) is 0.120. The molecule has 0 bridgehead atoms. The van der Waals surface area contributed by atoms with Gasteiger partial charge in [-0.05, 0) is 30.2 Å². The average Bonchev–Trinajstić information content (AvgIpc) is 3.30. The van der Waals surface area contributed by atoms with Gasteiger partial charge < -0.3 is 4.90 Å². The molecular weight excluding hydrogens is 386 g/mol. The predicted octanol–water partition coefficient (Wildman–Crippen LogP) is 4.53. The first-order chi connectivity index (χ1) is 15.1. The van der Waals surface area contributed by atoms with Crippen molar-refractivity contribution in [2.45, 2.75) is 13.5 Å². The van der Waals surface area contributed by atoms with Gasteiger partial charge in [-0.15, -0.1) is 10.2 Å². The molecule has 0 saturated heterocycles. The summed E-state index contributed by atoms with van der Waals surface area (Å²) in [4.78, 5) is 19.9. The van der Waals surface area contributed by atoms with Gasteiger partial charge in [-0.3, -0.25) is 9.20 Å². The molecule has 0 spiro atoms. The van der Waals surface area contributed by atoms with E-state index in [0.29, 0.717) is 17.8 Å². The lowest BCUT2D eigenvalue weighted by atomic mass is 10.00. The van der Waals surface area contributed by atoms with Crippen molar-refractivity contribution in [1.82, 2.24) is 24.5 Å². The molecule has 5 rings (SSSR count). The lowest BCUT2D eigenvalue weighted by Gasteiger charge is -2.19. The van der Waals surface area contributed by atoms with Gasteiger partial charge in [0.25, 0.3) is 5.91 Å².